The van der Waals surface area contributed by atoms with Gasteiger partial charge in [0, 0.05) is 28.2 Å². The van der Waals surface area contributed by atoms with Crippen LogP contribution in [0, 0.1) is 20.2 Å². The topological polar surface area (TPSA) is 106 Å². The van der Waals surface area contributed by atoms with Crippen molar-refractivity contribution in [1.82, 2.24) is 9.88 Å². The molecule has 0 N–H and O–H groups in total. The van der Waals surface area contributed by atoms with Crippen LogP contribution in [0.1, 0.15) is 0 Å². The Hall–Kier alpha value is -2.01. The second-order valence-electron chi connectivity index (χ2n) is 4.33. The van der Waals surface area contributed by atoms with Gasteiger partial charge in [-0.25, -0.2) is 4.98 Å². The summed E-state index contributed by atoms with van der Waals surface area (Å²) in [6.45, 7) is 0. The number of aromatic nitrogens is 1. The molecule has 9 nitrogen and oxygen atoms in total. The van der Waals surface area contributed by atoms with Crippen molar-refractivity contribution >= 4 is 45.5 Å². The van der Waals surface area contributed by atoms with Gasteiger partial charge in [0.2, 0.25) is 5.82 Å². The largest absolute Gasteiger partial charge is 0.363 e. The number of rotatable bonds is 4. The maximum atomic E-state index is 11.1. The first-order chi connectivity index (χ1) is 9.65. The summed E-state index contributed by atoms with van der Waals surface area (Å²) < 4.78 is 0.365. The Morgan fingerprint density at radius 3 is 2.10 bits per heavy atom. The predicted octanol–water partition coefficient (Wildman–Crippen LogP) is 1.90. The number of anilines is 1. The van der Waals surface area contributed by atoms with Crippen LogP contribution in [0.3, 0.4) is 0 Å². The van der Waals surface area contributed by atoms with Crippen LogP contribution in [0.15, 0.2) is 11.1 Å². The zero-order valence-corrected chi connectivity index (χ0v) is 13.4. The fourth-order valence-electron chi connectivity index (χ4n) is 1.31. The van der Waals surface area contributed by atoms with E-state index in [1.807, 2.05) is 0 Å². The minimum absolute atomic E-state index is 0.0213. The highest BCUT2D eigenvalue weighted by Gasteiger charge is 2.28. The molecule has 1 heterocycles. The van der Waals surface area contributed by atoms with Crippen molar-refractivity contribution < 1.29 is 9.85 Å². The van der Waals surface area contributed by atoms with Gasteiger partial charge in [0.1, 0.15) is 10.4 Å². The van der Waals surface area contributed by atoms with E-state index in [9.17, 15) is 20.2 Å². The van der Waals surface area contributed by atoms with Gasteiger partial charge >= 0.3 is 11.4 Å². The molecule has 11 heteroatoms. The number of nitrogens with zero attached hydrogens (tertiary/aromatic N) is 5. The van der Waals surface area contributed by atoms with Crippen molar-refractivity contribution in [3.05, 3.63) is 26.3 Å². The Morgan fingerprint density at radius 1 is 1.19 bits per heavy atom. The first kappa shape index (κ1) is 17.0. The summed E-state index contributed by atoms with van der Waals surface area (Å²) in [5.41, 5.74) is -0.867. The van der Waals surface area contributed by atoms with Gasteiger partial charge in [0.05, 0.1) is 9.85 Å². The van der Waals surface area contributed by atoms with Gasteiger partial charge in [-0.05, 0) is 11.8 Å². The Kier molecular flexibility index (Phi) is 5.38. The second kappa shape index (κ2) is 6.63. The van der Waals surface area contributed by atoms with Crippen molar-refractivity contribution in [3.63, 3.8) is 0 Å². The fraction of sp³-hybridized carbons (Fsp3) is 0.400. The molecule has 0 saturated heterocycles. The normalized spacial score (nSPS) is 10.1. The van der Waals surface area contributed by atoms with Gasteiger partial charge in [-0.1, -0.05) is 12.2 Å². The third-order valence-electron chi connectivity index (χ3n) is 2.30. The van der Waals surface area contributed by atoms with E-state index in [4.69, 9.17) is 12.2 Å². The molecular weight excluding hydrogens is 318 g/mol. The Balaban J connectivity index is 3.47. The summed E-state index contributed by atoms with van der Waals surface area (Å²) in [6.07, 6.45) is 0. The number of hydrogen-bond donors (Lipinski definition) is 0. The lowest BCUT2D eigenvalue weighted by Crippen LogP contribution is -2.17. The van der Waals surface area contributed by atoms with Gasteiger partial charge in [0.25, 0.3) is 0 Å². The molecule has 0 atom stereocenters. The van der Waals surface area contributed by atoms with Crippen LogP contribution in [0.5, 0.6) is 0 Å². The molecule has 0 fully saturated rings. The smallest absolute Gasteiger partial charge is 0.318 e. The maximum absolute atomic E-state index is 11.1. The van der Waals surface area contributed by atoms with E-state index in [0.717, 1.165) is 17.8 Å². The summed E-state index contributed by atoms with van der Waals surface area (Å²) >= 11 is 5.99. The molecule has 0 aromatic carbocycles. The summed E-state index contributed by atoms with van der Waals surface area (Å²) in [4.78, 5) is 27.7. The standard InChI is InChI=1S/C10H13N5O4S2/c1-12(2)8-6(14(16)17)5-7(15(18)19)9(11-8)21-10(20)13(3)4/h5H,1-4H3. The van der Waals surface area contributed by atoms with Crippen LogP contribution >= 0.6 is 24.0 Å². The molecule has 0 aliphatic heterocycles. The van der Waals surface area contributed by atoms with Crippen molar-refractivity contribution in [2.45, 2.75) is 5.03 Å². The first-order valence-corrected chi connectivity index (χ1v) is 6.78. The van der Waals surface area contributed by atoms with Crippen LogP contribution in [0.4, 0.5) is 17.2 Å². The van der Waals surface area contributed by atoms with Crippen molar-refractivity contribution in [3.8, 4) is 0 Å². The van der Waals surface area contributed by atoms with E-state index < -0.39 is 21.2 Å². The quantitative estimate of drug-likeness (QED) is 0.354. The van der Waals surface area contributed by atoms with E-state index in [0.29, 0.717) is 4.32 Å². The van der Waals surface area contributed by atoms with Crippen LogP contribution in [0.25, 0.3) is 0 Å². The summed E-state index contributed by atoms with van der Waals surface area (Å²) in [7, 11) is 6.53. The van der Waals surface area contributed by atoms with E-state index in [2.05, 4.69) is 4.98 Å². The fourth-order valence-corrected chi connectivity index (χ4v) is 2.26. The third kappa shape index (κ3) is 3.98. The molecule has 21 heavy (non-hydrogen) atoms. The van der Waals surface area contributed by atoms with Gasteiger partial charge in [-0.15, -0.1) is 0 Å². The average Bonchev–Trinajstić information content (AvgIpc) is 2.37. The highest BCUT2D eigenvalue weighted by molar-refractivity contribution is 8.22. The Bertz CT molecular complexity index is 605. The molecule has 114 valence electrons. The van der Waals surface area contributed by atoms with Crippen molar-refractivity contribution in [1.29, 1.82) is 0 Å². The summed E-state index contributed by atoms with van der Waals surface area (Å²) in [5, 5.41) is 22.1. The van der Waals surface area contributed by atoms with E-state index >= 15 is 0 Å². The minimum Gasteiger partial charge on any atom is -0.363 e. The molecule has 1 aromatic rings. The molecule has 0 unspecified atom stereocenters. The van der Waals surface area contributed by atoms with Crippen molar-refractivity contribution in [2.75, 3.05) is 33.1 Å². The Morgan fingerprint density at radius 2 is 1.71 bits per heavy atom. The predicted molar refractivity (Wildman–Crippen MR) is 84.0 cm³/mol. The van der Waals surface area contributed by atoms with Gasteiger partial charge in [-0.3, -0.25) is 20.2 Å². The molecule has 0 saturated carbocycles. The zero-order chi connectivity index (χ0) is 16.3. The molecule has 0 aliphatic carbocycles. The number of hydrogen-bond acceptors (Lipinski definition) is 8. The maximum Gasteiger partial charge on any atom is 0.318 e. The van der Waals surface area contributed by atoms with Gasteiger partial charge in [-0.2, -0.15) is 0 Å². The van der Waals surface area contributed by atoms with Crippen LogP contribution in [-0.4, -0.2) is 52.2 Å². The van der Waals surface area contributed by atoms with Crippen LogP contribution < -0.4 is 4.90 Å². The minimum atomic E-state index is -0.708. The SMILES string of the molecule is CN(C)C(=S)Sc1nc(N(C)C)c([N+](=O)[O-])cc1[N+](=O)[O-]. The lowest BCUT2D eigenvalue weighted by Gasteiger charge is -2.15. The van der Waals surface area contributed by atoms with Crippen LogP contribution in [0.2, 0.25) is 0 Å². The monoisotopic (exact) mass is 331 g/mol. The second-order valence-corrected chi connectivity index (χ2v) is 5.95. The van der Waals surface area contributed by atoms with Crippen molar-refractivity contribution in [2.24, 2.45) is 0 Å². The molecule has 1 aromatic heterocycles. The van der Waals surface area contributed by atoms with Gasteiger partial charge in [0.15, 0.2) is 5.03 Å². The number of thiocarbonyl (C=S) groups is 1. The lowest BCUT2D eigenvalue weighted by atomic mass is 10.3. The van der Waals surface area contributed by atoms with Gasteiger partial charge < -0.3 is 9.80 Å². The molecule has 0 amide bonds. The van der Waals surface area contributed by atoms with E-state index in [1.165, 1.54) is 4.90 Å². The van der Waals surface area contributed by atoms with E-state index in [-0.39, 0.29) is 10.8 Å². The molecule has 1 rings (SSSR count). The molecule has 0 spiro atoms. The molecule has 0 radical (unpaired) electrons. The number of thioether (sulfide) groups is 1. The average molecular weight is 331 g/mol. The highest BCUT2D eigenvalue weighted by Crippen LogP contribution is 2.36. The number of nitro groups is 2. The molecular formula is C10H13N5O4S2. The van der Waals surface area contributed by atoms with E-state index in [1.54, 1.807) is 33.1 Å². The summed E-state index contributed by atoms with van der Waals surface area (Å²) in [6, 6.07) is 0.906. The Labute approximate surface area is 130 Å². The lowest BCUT2D eigenvalue weighted by molar-refractivity contribution is -0.396. The zero-order valence-electron chi connectivity index (χ0n) is 11.8. The first-order valence-electron chi connectivity index (χ1n) is 5.55. The molecule has 0 bridgehead atoms. The van der Waals surface area contributed by atoms with Crippen LogP contribution in [-0.2, 0) is 0 Å². The third-order valence-corrected chi connectivity index (χ3v) is 3.94. The number of pyridine rings is 1. The molecule has 0 aliphatic rings. The highest BCUT2D eigenvalue weighted by atomic mass is 32.2. The summed E-state index contributed by atoms with van der Waals surface area (Å²) in [5.74, 6) is 0.0367.